The number of phenolic OH excluding ortho intramolecular Hbond substituents is 1. The number of phenols is 1. The van der Waals surface area contributed by atoms with Gasteiger partial charge in [-0.3, -0.25) is 4.79 Å². The van der Waals surface area contributed by atoms with Crippen LogP contribution >= 0.6 is 0 Å². The SMILES string of the molecule is CCN(CC)c1ccc(/C=N\NC(=O)CNc2ccccc2C)c(O)c1. The maximum atomic E-state index is 11.9. The van der Waals surface area contributed by atoms with Crippen LogP contribution in [0.1, 0.15) is 25.0 Å². The molecule has 6 nitrogen and oxygen atoms in total. The van der Waals surface area contributed by atoms with E-state index in [0.29, 0.717) is 5.56 Å². The number of aryl methyl sites for hydroxylation is 1. The van der Waals surface area contributed by atoms with Crippen LogP contribution in [0.4, 0.5) is 11.4 Å². The van der Waals surface area contributed by atoms with Crippen molar-refractivity contribution in [2.75, 3.05) is 29.9 Å². The molecular weight excluding hydrogens is 328 g/mol. The number of aromatic hydroxyl groups is 1. The number of hydrogen-bond donors (Lipinski definition) is 3. The highest BCUT2D eigenvalue weighted by atomic mass is 16.3. The molecule has 0 spiro atoms. The molecule has 2 rings (SSSR count). The topological polar surface area (TPSA) is 77.0 Å². The minimum Gasteiger partial charge on any atom is -0.507 e. The monoisotopic (exact) mass is 354 g/mol. The molecule has 0 saturated heterocycles. The van der Waals surface area contributed by atoms with E-state index < -0.39 is 0 Å². The van der Waals surface area contributed by atoms with Gasteiger partial charge in [-0.15, -0.1) is 0 Å². The van der Waals surface area contributed by atoms with Crippen LogP contribution in [0.2, 0.25) is 0 Å². The number of rotatable bonds is 8. The summed E-state index contributed by atoms with van der Waals surface area (Å²) in [6.45, 7) is 7.96. The third-order valence-electron chi connectivity index (χ3n) is 4.12. The number of carbonyl (C=O) groups excluding carboxylic acids is 1. The molecule has 2 aromatic rings. The zero-order chi connectivity index (χ0) is 18.9. The quantitative estimate of drug-likeness (QED) is 0.503. The van der Waals surface area contributed by atoms with Gasteiger partial charge in [0.05, 0.1) is 12.8 Å². The zero-order valence-electron chi connectivity index (χ0n) is 15.5. The highest BCUT2D eigenvalue weighted by Crippen LogP contribution is 2.23. The lowest BCUT2D eigenvalue weighted by molar-refractivity contribution is -0.119. The van der Waals surface area contributed by atoms with E-state index in [2.05, 4.69) is 34.6 Å². The van der Waals surface area contributed by atoms with Gasteiger partial charge in [0.2, 0.25) is 0 Å². The van der Waals surface area contributed by atoms with Gasteiger partial charge >= 0.3 is 0 Å². The van der Waals surface area contributed by atoms with Crippen LogP contribution in [-0.2, 0) is 4.79 Å². The van der Waals surface area contributed by atoms with Gasteiger partial charge in [-0.05, 0) is 44.5 Å². The Balaban J connectivity index is 1.89. The van der Waals surface area contributed by atoms with Gasteiger partial charge in [0, 0.05) is 36.1 Å². The van der Waals surface area contributed by atoms with Crippen LogP contribution in [0.3, 0.4) is 0 Å². The first-order chi connectivity index (χ1) is 12.5. The molecule has 0 aromatic heterocycles. The van der Waals surface area contributed by atoms with Crippen molar-refractivity contribution in [2.24, 2.45) is 5.10 Å². The number of hydrogen-bond acceptors (Lipinski definition) is 5. The predicted octanol–water partition coefficient (Wildman–Crippen LogP) is 3.11. The van der Waals surface area contributed by atoms with E-state index in [1.54, 1.807) is 12.1 Å². The van der Waals surface area contributed by atoms with E-state index in [-0.39, 0.29) is 18.2 Å². The molecule has 0 bridgehead atoms. The standard InChI is InChI=1S/C20H26N4O2/c1-4-24(5-2)17-11-10-16(19(25)12-17)13-22-23-20(26)14-21-18-9-7-6-8-15(18)3/h6-13,21,25H,4-5,14H2,1-3H3,(H,23,26)/b22-13-. The van der Waals surface area contributed by atoms with Gasteiger partial charge in [-0.2, -0.15) is 5.10 Å². The van der Waals surface area contributed by atoms with Crippen molar-refractivity contribution < 1.29 is 9.90 Å². The second-order valence-electron chi connectivity index (χ2n) is 5.88. The van der Waals surface area contributed by atoms with Crippen LogP contribution in [0.15, 0.2) is 47.6 Å². The number of carbonyl (C=O) groups is 1. The molecule has 3 N–H and O–H groups in total. The fourth-order valence-corrected chi connectivity index (χ4v) is 2.59. The first kappa shape index (κ1) is 19.3. The number of nitrogens with zero attached hydrogens (tertiary/aromatic N) is 2. The molecule has 0 aliphatic rings. The van der Waals surface area contributed by atoms with Gasteiger partial charge < -0.3 is 15.3 Å². The van der Waals surface area contributed by atoms with Crippen molar-refractivity contribution in [2.45, 2.75) is 20.8 Å². The first-order valence-electron chi connectivity index (χ1n) is 8.74. The molecule has 138 valence electrons. The van der Waals surface area contributed by atoms with Gasteiger partial charge in [-0.25, -0.2) is 5.43 Å². The van der Waals surface area contributed by atoms with Gasteiger partial charge in [0.1, 0.15) is 5.75 Å². The molecule has 0 unspecified atom stereocenters. The number of hydrazone groups is 1. The molecule has 26 heavy (non-hydrogen) atoms. The molecule has 1 amide bonds. The summed E-state index contributed by atoms with van der Waals surface area (Å²) in [6, 6.07) is 13.2. The number of para-hydroxylation sites is 1. The smallest absolute Gasteiger partial charge is 0.259 e. The maximum absolute atomic E-state index is 11.9. The van der Waals surface area contributed by atoms with Crippen molar-refractivity contribution in [1.29, 1.82) is 0 Å². The molecular formula is C20H26N4O2. The summed E-state index contributed by atoms with van der Waals surface area (Å²) >= 11 is 0. The van der Waals surface area contributed by atoms with Gasteiger partial charge in [-0.1, -0.05) is 18.2 Å². The molecule has 0 fully saturated rings. The Morgan fingerprint density at radius 1 is 1.19 bits per heavy atom. The Hall–Kier alpha value is -3.02. The summed E-state index contributed by atoms with van der Waals surface area (Å²) in [5.74, 6) is -0.130. The van der Waals surface area contributed by atoms with Crippen molar-refractivity contribution >= 4 is 23.5 Å². The number of anilines is 2. The average molecular weight is 354 g/mol. The Morgan fingerprint density at radius 3 is 2.58 bits per heavy atom. The van der Waals surface area contributed by atoms with E-state index in [1.807, 2.05) is 37.3 Å². The fourth-order valence-electron chi connectivity index (χ4n) is 2.59. The Labute approximate surface area is 154 Å². The van der Waals surface area contributed by atoms with Gasteiger partial charge in [0.25, 0.3) is 5.91 Å². The molecule has 2 aromatic carbocycles. The second kappa shape index (κ2) is 9.46. The summed E-state index contributed by atoms with van der Waals surface area (Å²) in [5, 5.41) is 17.1. The molecule has 0 radical (unpaired) electrons. The lowest BCUT2D eigenvalue weighted by Crippen LogP contribution is -2.26. The predicted molar refractivity (Wildman–Crippen MR) is 107 cm³/mol. The number of amides is 1. The van der Waals surface area contributed by atoms with Crippen molar-refractivity contribution in [3.63, 3.8) is 0 Å². The second-order valence-corrected chi connectivity index (χ2v) is 5.88. The largest absolute Gasteiger partial charge is 0.507 e. The van der Waals surface area contributed by atoms with Crippen LogP contribution in [0.5, 0.6) is 5.75 Å². The maximum Gasteiger partial charge on any atom is 0.259 e. The zero-order valence-corrected chi connectivity index (χ0v) is 15.5. The molecule has 0 heterocycles. The third kappa shape index (κ3) is 5.24. The summed E-state index contributed by atoms with van der Waals surface area (Å²) < 4.78 is 0. The Bertz CT molecular complexity index is 770. The van der Waals surface area contributed by atoms with Crippen LogP contribution in [0.25, 0.3) is 0 Å². The third-order valence-corrected chi connectivity index (χ3v) is 4.12. The van der Waals surface area contributed by atoms with Crippen molar-refractivity contribution in [1.82, 2.24) is 5.43 Å². The van der Waals surface area contributed by atoms with Gasteiger partial charge in [0.15, 0.2) is 0 Å². The highest BCUT2D eigenvalue weighted by Gasteiger charge is 2.06. The summed E-state index contributed by atoms with van der Waals surface area (Å²) in [6.07, 6.45) is 1.44. The summed E-state index contributed by atoms with van der Waals surface area (Å²) in [7, 11) is 0. The number of nitrogens with one attached hydrogen (secondary N) is 2. The van der Waals surface area contributed by atoms with E-state index in [1.165, 1.54) is 6.21 Å². The van der Waals surface area contributed by atoms with E-state index in [4.69, 9.17) is 0 Å². The molecule has 0 aliphatic carbocycles. The minimum atomic E-state index is -0.260. The van der Waals surface area contributed by atoms with E-state index in [9.17, 15) is 9.90 Å². The lowest BCUT2D eigenvalue weighted by atomic mass is 10.2. The Kier molecular flexibility index (Phi) is 7.02. The molecule has 6 heteroatoms. The van der Waals surface area contributed by atoms with E-state index in [0.717, 1.165) is 30.0 Å². The molecule has 0 atom stereocenters. The number of benzene rings is 2. The highest BCUT2D eigenvalue weighted by molar-refractivity contribution is 5.87. The molecule has 0 saturated carbocycles. The van der Waals surface area contributed by atoms with Crippen LogP contribution < -0.4 is 15.6 Å². The first-order valence-corrected chi connectivity index (χ1v) is 8.74. The Morgan fingerprint density at radius 2 is 1.92 bits per heavy atom. The summed E-state index contributed by atoms with van der Waals surface area (Å²) in [5.41, 5.74) is 5.94. The fraction of sp³-hybridized carbons (Fsp3) is 0.300. The van der Waals surface area contributed by atoms with Crippen LogP contribution in [-0.4, -0.2) is 36.9 Å². The van der Waals surface area contributed by atoms with Crippen molar-refractivity contribution in [3.8, 4) is 5.75 Å². The molecule has 0 aliphatic heterocycles. The average Bonchev–Trinajstić information content (AvgIpc) is 2.64. The van der Waals surface area contributed by atoms with Crippen LogP contribution in [0, 0.1) is 6.92 Å². The van der Waals surface area contributed by atoms with E-state index >= 15 is 0 Å². The van der Waals surface area contributed by atoms with Crippen molar-refractivity contribution in [3.05, 3.63) is 53.6 Å². The normalized spacial score (nSPS) is 10.7. The minimum absolute atomic E-state index is 0.120. The summed E-state index contributed by atoms with van der Waals surface area (Å²) in [4.78, 5) is 14.0. The lowest BCUT2D eigenvalue weighted by Gasteiger charge is -2.21.